The fourth-order valence-corrected chi connectivity index (χ4v) is 8.45. The molecule has 0 unspecified atom stereocenters. The number of fused-ring (bicyclic) bond motifs is 4. The Kier molecular flexibility index (Phi) is 4.37. The van der Waals surface area contributed by atoms with Crippen LogP contribution in [-0.2, 0) is 0 Å². The maximum absolute atomic E-state index is 10.4. The first-order valence-corrected chi connectivity index (χ1v) is 19.6. The lowest BCUT2D eigenvalue weighted by Crippen LogP contribution is -1.91. The molecule has 3 heteroatoms. The molecule has 292 valence electrons. The average molecular weight is 824 g/mol. The van der Waals surface area contributed by atoms with E-state index in [1.165, 1.54) is 0 Å². The summed E-state index contributed by atoms with van der Waals surface area (Å²) in [6.07, 6.45) is 1.66. The third kappa shape index (κ3) is 5.60. The summed E-state index contributed by atoms with van der Waals surface area (Å²) in [6, 6.07) is 1.47. The fourth-order valence-electron chi connectivity index (χ4n) is 8.45. The maximum atomic E-state index is 10.4. The van der Waals surface area contributed by atoms with E-state index < -0.39 is 205 Å². The number of nitrogens with zero attached hydrogens (tertiary/aromatic N) is 2. The first-order valence-electron chi connectivity index (χ1n) is 31.1. The zero-order valence-electron chi connectivity index (χ0n) is 55.3. The van der Waals surface area contributed by atoms with Crippen molar-refractivity contribution >= 4 is 64.9 Å². The SMILES string of the molecule is [2H]c1c([2H])c([2H])c(-c2oc(-c3c([2H])c([2H])c4c([2H])c([2H])c5c([2H])c([2H])c([2H])c6c([2H])c([2H])c3c4c56)c(-c3c([2H])c([2H])c([2H])c([2H])c3[2H])c2-c2c([2H])c([2H])c([2H])c(-c3ccc(-c4ccc5ccc6cccnc6c5n4)c4ccccc34)c2[2H])c([2H])c1[2H]. The number of rotatable bonds is 6. The van der Waals surface area contributed by atoms with Gasteiger partial charge in [0.05, 0.1) is 48.3 Å². The van der Waals surface area contributed by atoms with E-state index in [4.69, 9.17) is 23.1 Å². The number of benzene rings is 10. The van der Waals surface area contributed by atoms with Crippen LogP contribution in [0.1, 0.15) is 31.5 Å². The summed E-state index contributed by atoms with van der Waals surface area (Å²) in [4.78, 5) is 9.66. The van der Waals surface area contributed by atoms with Gasteiger partial charge in [-0.25, -0.2) is 4.98 Å². The van der Waals surface area contributed by atoms with Gasteiger partial charge in [0, 0.05) is 44.8 Å². The zero-order valence-corrected chi connectivity index (χ0v) is 32.3. The smallest absolute Gasteiger partial charge is 0.143 e. The highest BCUT2D eigenvalue weighted by atomic mass is 16.3. The van der Waals surface area contributed by atoms with Gasteiger partial charge >= 0.3 is 0 Å². The van der Waals surface area contributed by atoms with Gasteiger partial charge in [0.2, 0.25) is 0 Å². The number of furan rings is 1. The van der Waals surface area contributed by atoms with E-state index in [2.05, 4.69) is 4.98 Å². The Hall–Kier alpha value is -8.40. The molecule has 0 amide bonds. The monoisotopic (exact) mass is 823 g/mol. The van der Waals surface area contributed by atoms with Gasteiger partial charge in [0.15, 0.2) is 0 Å². The second-order valence-electron chi connectivity index (χ2n) is 14.6. The zero-order chi connectivity index (χ0) is 61.4. The fraction of sp³-hybridized carbons (Fsp3) is 0. The van der Waals surface area contributed by atoms with Crippen molar-refractivity contribution in [2.45, 2.75) is 0 Å². The Morgan fingerprint density at radius 2 is 1.00 bits per heavy atom. The number of pyridine rings is 2. The Labute approximate surface area is 395 Å². The Morgan fingerprint density at radius 1 is 0.381 bits per heavy atom. The van der Waals surface area contributed by atoms with E-state index >= 15 is 0 Å². The normalized spacial score (nSPS) is 16.9. The molecule has 0 atom stereocenters. The van der Waals surface area contributed by atoms with Gasteiger partial charge in [-0.2, -0.15) is 0 Å². The molecule has 63 heavy (non-hydrogen) atoms. The largest absolute Gasteiger partial charge is 0.455 e. The molecular formula is C60H36N2O. The number of hydrogen-bond acceptors (Lipinski definition) is 3. The lowest BCUT2D eigenvalue weighted by molar-refractivity contribution is 0.599. The highest BCUT2D eigenvalue weighted by Gasteiger charge is 2.27. The van der Waals surface area contributed by atoms with Crippen LogP contribution in [0.15, 0.2) is 222 Å². The molecule has 0 aliphatic carbocycles. The van der Waals surface area contributed by atoms with Crippen molar-refractivity contribution in [2.75, 3.05) is 0 Å². The van der Waals surface area contributed by atoms with Crippen LogP contribution >= 0.6 is 0 Å². The predicted octanol–water partition coefficient (Wildman–Crippen LogP) is 16.4. The molecule has 0 fully saturated rings. The van der Waals surface area contributed by atoms with Crippen molar-refractivity contribution in [1.82, 2.24) is 9.97 Å². The molecule has 0 aliphatic rings. The van der Waals surface area contributed by atoms with Gasteiger partial charge < -0.3 is 4.42 Å². The third-order valence-corrected chi connectivity index (χ3v) is 11.2. The highest BCUT2D eigenvalue weighted by Crippen LogP contribution is 2.51. The molecule has 0 N–H and O–H groups in total. The van der Waals surface area contributed by atoms with Gasteiger partial charge in [-0.3, -0.25) is 4.98 Å². The van der Waals surface area contributed by atoms with Crippen LogP contribution in [-0.4, -0.2) is 9.97 Å². The van der Waals surface area contributed by atoms with Gasteiger partial charge in [-0.05, 0) is 89.6 Å². The minimum Gasteiger partial charge on any atom is -0.455 e. The van der Waals surface area contributed by atoms with Crippen LogP contribution in [0.4, 0.5) is 0 Å². The van der Waals surface area contributed by atoms with Gasteiger partial charge in [0.1, 0.15) is 11.5 Å². The Balaban J connectivity index is 1.23. The molecule has 0 radical (unpaired) electrons. The lowest BCUT2D eigenvalue weighted by Gasteiger charge is -2.15. The first kappa shape index (κ1) is 19.5. The molecule has 0 saturated heterocycles. The van der Waals surface area contributed by atoms with E-state index in [1.54, 1.807) is 42.6 Å². The van der Waals surface area contributed by atoms with E-state index in [0.717, 1.165) is 10.8 Å². The summed E-state index contributed by atoms with van der Waals surface area (Å²) in [5, 5.41) is 0.0229. The summed E-state index contributed by atoms with van der Waals surface area (Å²) in [5.74, 6) is -1.75. The molecule has 0 aliphatic heterocycles. The Bertz CT molecular complexity index is 5210. The van der Waals surface area contributed by atoms with Crippen molar-refractivity contribution < 1.29 is 35.9 Å². The second kappa shape index (κ2) is 14.1. The molecule has 3 aromatic heterocycles. The van der Waals surface area contributed by atoms with Crippen LogP contribution in [0, 0.1) is 0 Å². The van der Waals surface area contributed by atoms with E-state index in [9.17, 15) is 17.8 Å². The predicted molar refractivity (Wildman–Crippen MR) is 263 cm³/mol. The molecule has 3 nitrogen and oxygen atoms in total. The van der Waals surface area contributed by atoms with Crippen molar-refractivity contribution in [3.63, 3.8) is 0 Å². The van der Waals surface area contributed by atoms with Gasteiger partial charge in [-0.15, -0.1) is 0 Å². The lowest BCUT2D eigenvalue weighted by atomic mass is 9.87. The molecule has 0 bridgehead atoms. The van der Waals surface area contributed by atoms with Crippen LogP contribution in [0.5, 0.6) is 0 Å². The minimum atomic E-state index is -1.00. The second-order valence-corrected chi connectivity index (χ2v) is 14.6. The summed E-state index contributed by atoms with van der Waals surface area (Å²) >= 11 is 0. The molecular weight excluding hydrogens is 765 g/mol. The van der Waals surface area contributed by atoms with Crippen molar-refractivity contribution in [1.29, 1.82) is 0 Å². The quantitative estimate of drug-likeness (QED) is 0.157. The van der Waals surface area contributed by atoms with Crippen molar-refractivity contribution in [2.24, 2.45) is 0 Å². The van der Waals surface area contributed by atoms with Crippen LogP contribution < -0.4 is 0 Å². The van der Waals surface area contributed by atoms with E-state index in [0.29, 0.717) is 33.1 Å². The standard InChI is InChI=1S/C60H36N2O/c1-3-12-37(13-4-1)55-56(59(43-14-5-2-6-15-43)63-60(55)51-31-28-40-24-23-38-16-9-17-39-27-30-50(51)54(40)53(38)39)45-19-10-18-44(36-45)46-32-33-49(48-22-8-7-21-47(46)48)52-34-29-42-26-25-41-20-11-35-61-57(41)58(42)62-52/h1-36H/i1D,2D,3D,4D,5D,6D,9D,10D,12D,13D,14D,15D,16D,17D,18D,19D,23D,24D,27D,28D,30D,31D,36D. The van der Waals surface area contributed by atoms with E-state index in [-0.39, 0.29) is 21.9 Å². The summed E-state index contributed by atoms with van der Waals surface area (Å²) in [7, 11) is 0. The summed E-state index contributed by atoms with van der Waals surface area (Å²) in [6.45, 7) is 0. The van der Waals surface area contributed by atoms with Crippen LogP contribution in [0.3, 0.4) is 0 Å². The van der Waals surface area contributed by atoms with Crippen LogP contribution in [0.2, 0.25) is 0 Å². The van der Waals surface area contributed by atoms with Crippen LogP contribution in [0.25, 0.3) is 132 Å². The molecule has 10 aromatic carbocycles. The van der Waals surface area contributed by atoms with Gasteiger partial charge in [0.25, 0.3) is 0 Å². The number of hydrogen-bond donors (Lipinski definition) is 0. The Morgan fingerprint density at radius 3 is 1.81 bits per heavy atom. The number of aromatic nitrogens is 2. The molecule has 0 spiro atoms. The topological polar surface area (TPSA) is 38.9 Å². The van der Waals surface area contributed by atoms with E-state index in [1.807, 2.05) is 36.4 Å². The maximum Gasteiger partial charge on any atom is 0.143 e. The van der Waals surface area contributed by atoms with Crippen molar-refractivity contribution in [3.05, 3.63) is 218 Å². The summed E-state index contributed by atoms with van der Waals surface area (Å²) in [5.41, 5.74) is -2.41. The average Bonchev–Trinajstić information content (AvgIpc) is 1.03. The molecule has 3 heterocycles. The summed E-state index contributed by atoms with van der Waals surface area (Å²) < 4.78 is 220. The van der Waals surface area contributed by atoms with Crippen molar-refractivity contribution in [3.8, 4) is 67.3 Å². The molecule has 13 aromatic rings. The van der Waals surface area contributed by atoms with Gasteiger partial charge in [-0.1, -0.05) is 188 Å². The highest BCUT2D eigenvalue weighted by molar-refractivity contribution is 6.26. The first-order chi connectivity index (χ1) is 40.8. The molecule has 0 saturated carbocycles. The minimum absolute atomic E-state index is 0.138. The third-order valence-electron chi connectivity index (χ3n) is 11.2. The molecule has 13 rings (SSSR count).